The van der Waals surface area contributed by atoms with Crippen molar-refractivity contribution in [2.75, 3.05) is 5.32 Å². The van der Waals surface area contributed by atoms with Crippen LogP contribution in [0.4, 0.5) is 10.3 Å². The third-order valence-corrected chi connectivity index (χ3v) is 2.82. The van der Waals surface area contributed by atoms with Crippen molar-refractivity contribution in [2.24, 2.45) is 0 Å². The second-order valence-corrected chi connectivity index (χ2v) is 4.14. The summed E-state index contributed by atoms with van der Waals surface area (Å²) >= 11 is 0. The van der Waals surface area contributed by atoms with Crippen LogP contribution in [-0.2, 0) is 0 Å². The van der Waals surface area contributed by atoms with E-state index in [2.05, 4.69) is 25.5 Å². The molecule has 3 aromatic rings. The molecule has 92 valence electrons. The van der Waals surface area contributed by atoms with Gasteiger partial charge < -0.3 is 10.3 Å². The van der Waals surface area contributed by atoms with Crippen molar-refractivity contribution in [3.05, 3.63) is 42.0 Å². The lowest BCUT2D eigenvalue weighted by Gasteiger charge is -2.09. The topological polar surface area (TPSA) is 69.4 Å². The van der Waals surface area contributed by atoms with E-state index in [1.54, 1.807) is 12.3 Å². The molecular weight excluding hydrogens is 233 g/mol. The molecule has 0 aliphatic rings. The molecule has 1 unspecified atom stereocenters. The molecule has 18 heavy (non-hydrogen) atoms. The molecule has 1 aromatic carbocycles. The number of fused-ring (bicyclic) bond motifs is 1. The van der Waals surface area contributed by atoms with Crippen LogP contribution in [-0.4, -0.2) is 20.2 Å². The van der Waals surface area contributed by atoms with Crippen molar-refractivity contribution in [1.82, 2.24) is 20.2 Å². The second kappa shape index (κ2) is 4.14. The Morgan fingerprint density at radius 1 is 1.39 bits per heavy atom. The van der Waals surface area contributed by atoms with Crippen LogP contribution in [0.2, 0.25) is 0 Å². The second-order valence-electron chi connectivity index (χ2n) is 4.14. The molecule has 6 heteroatoms. The van der Waals surface area contributed by atoms with Crippen LogP contribution in [0.25, 0.3) is 11.0 Å². The molecule has 0 aliphatic carbocycles. The molecule has 0 fully saturated rings. The van der Waals surface area contributed by atoms with Gasteiger partial charge >= 0.3 is 0 Å². The summed E-state index contributed by atoms with van der Waals surface area (Å²) in [5, 5.41) is 9.86. The number of imidazole rings is 1. The van der Waals surface area contributed by atoms with Gasteiger partial charge in [-0.25, -0.2) is 9.37 Å². The maximum atomic E-state index is 13.1. The Morgan fingerprint density at radius 2 is 2.28 bits per heavy atom. The van der Waals surface area contributed by atoms with E-state index in [1.165, 1.54) is 12.1 Å². The van der Waals surface area contributed by atoms with Crippen LogP contribution in [0.1, 0.15) is 18.5 Å². The Morgan fingerprint density at radius 3 is 3.06 bits per heavy atom. The van der Waals surface area contributed by atoms with E-state index in [4.69, 9.17) is 0 Å². The minimum Gasteiger partial charge on any atom is -0.349 e. The molecule has 0 saturated carbocycles. The fourth-order valence-electron chi connectivity index (χ4n) is 1.84. The van der Waals surface area contributed by atoms with Crippen molar-refractivity contribution in [3.63, 3.8) is 0 Å². The molecule has 0 aliphatic heterocycles. The summed E-state index contributed by atoms with van der Waals surface area (Å²) in [5.41, 5.74) is 2.44. The van der Waals surface area contributed by atoms with Gasteiger partial charge in [-0.1, -0.05) is 0 Å². The number of hydrogen-bond donors (Lipinski definition) is 3. The molecule has 3 rings (SSSR count). The summed E-state index contributed by atoms with van der Waals surface area (Å²) in [7, 11) is 0. The standard InChI is InChI=1S/C12H12FN5/c1-7(8-5-14-15-6-8)16-12-17-10-3-2-9(13)4-11(10)18-12/h2-7H,1H3,(H,14,15)(H2,16,17,18). The third-order valence-electron chi connectivity index (χ3n) is 2.82. The van der Waals surface area contributed by atoms with Gasteiger partial charge in [-0.2, -0.15) is 5.10 Å². The number of H-pyrrole nitrogens is 2. The number of aromatic nitrogens is 4. The van der Waals surface area contributed by atoms with Gasteiger partial charge in [0, 0.05) is 11.8 Å². The van der Waals surface area contributed by atoms with Gasteiger partial charge in [0.1, 0.15) is 5.82 Å². The van der Waals surface area contributed by atoms with Gasteiger partial charge in [-0.3, -0.25) is 5.10 Å². The van der Waals surface area contributed by atoms with E-state index in [9.17, 15) is 4.39 Å². The zero-order valence-corrected chi connectivity index (χ0v) is 9.74. The lowest BCUT2D eigenvalue weighted by atomic mass is 10.2. The minimum absolute atomic E-state index is 0.0640. The van der Waals surface area contributed by atoms with E-state index >= 15 is 0 Å². The minimum atomic E-state index is -0.277. The maximum Gasteiger partial charge on any atom is 0.201 e. The summed E-state index contributed by atoms with van der Waals surface area (Å²) < 4.78 is 13.1. The van der Waals surface area contributed by atoms with Crippen molar-refractivity contribution >= 4 is 17.0 Å². The Kier molecular flexibility index (Phi) is 2.47. The molecule has 0 saturated heterocycles. The molecule has 2 heterocycles. The smallest absolute Gasteiger partial charge is 0.201 e. The largest absolute Gasteiger partial charge is 0.349 e. The van der Waals surface area contributed by atoms with Gasteiger partial charge in [-0.15, -0.1) is 0 Å². The molecule has 0 bridgehead atoms. The summed E-state index contributed by atoms with van der Waals surface area (Å²) in [6, 6.07) is 4.53. The van der Waals surface area contributed by atoms with E-state index < -0.39 is 0 Å². The first-order valence-corrected chi connectivity index (χ1v) is 5.63. The van der Waals surface area contributed by atoms with Gasteiger partial charge in [0.05, 0.1) is 23.3 Å². The molecule has 0 amide bonds. The van der Waals surface area contributed by atoms with Crippen LogP contribution >= 0.6 is 0 Å². The fourth-order valence-corrected chi connectivity index (χ4v) is 1.84. The number of rotatable bonds is 3. The predicted molar refractivity (Wildman–Crippen MR) is 66.7 cm³/mol. The summed E-state index contributed by atoms with van der Waals surface area (Å²) in [5.74, 6) is 0.338. The number of aromatic amines is 2. The average molecular weight is 245 g/mol. The van der Waals surface area contributed by atoms with Gasteiger partial charge in [0.15, 0.2) is 0 Å². The maximum absolute atomic E-state index is 13.1. The van der Waals surface area contributed by atoms with E-state index in [0.29, 0.717) is 11.5 Å². The van der Waals surface area contributed by atoms with Crippen LogP contribution in [0.3, 0.4) is 0 Å². The number of halogens is 1. The average Bonchev–Trinajstić information content (AvgIpc) is 2.95. The van der Waals surface area contributed by atoms with Gasteiger partial charge in [0.25, 0.3) is 0 Å². The van der Waals surface area contributed by atoms with E-state index in [1.807, 2.05) is 13.1 Å². The highest BCUT2D eigenvalue weighted by Gasteiger charge is 2.09. The lowest BCUT2D eigenvalue weighted by Crippen LogP contribution is -2.06. The van der Waals surface area contributed by atoms with Gasteiger partial charge in [0.2, 0.25) is 5.95 Å². The van der Waals surface area contributed by atoms with E-state index in [-0.39, 0.29) is 11.9 Å². The molecular formula is C12H12FN5. The Balaban J connectivity index is 1.86. The number of nitrogens with one attached hydrogen (secondary N) is 3. The number of anilines is 1. The van der Waals surface area contributed by atoms with Crippen molar-refractivity contribution in [3.8, 4) is 0 Å². The van der Waals surface area contributed by atoms with Crippen LogP contribution < -0.4 is 5.32 Å². The lowest BCUT2D eigenvalue weighted by molar-refractivity contribution is 0.629. The quantitative estimate of drug-likeness (QED) is 0.664. The highest BCUT2D eigenvalue weighted by molar-refractivity contribution is 5.77. The Hall–Kier alpha value is -2.37. The first-order valence-electron chi connectivity index (χ1n) is 5.63. The summed E-state index contributed by atoms with van der Waals surface area (Å²) in [6.07, 6.45) is 3.57. The van der Waals surface area contributed by atoms with Crippen LogP contribution in [0.5, 0.6) is 0 Å². The Labute approximate surface area is 102 Å². The van der Waals surface area contributed by atoms with Gasteiger partial charge in [-0.05, 0) is 25.1 Å². The molecule has 5 nitrogen and oxygen atoms in total. The molecule has 3 N–H and O–H groups in total. The number of nitrogens with zero attached hydrogens (tertiary/aromatic N) is 2. The van der Waals surface area contributed by atoms with Crippen LogP contribution in [0, 0.1) is 5.82 Å². The highest BCUT2D eigenvalue weighted by Crippen LogP contribution is 2.19. The third kappa shape index (κ3) is 1.92. The predicted octanol–water partition coefficient (Wildman–Crippen LogP) is 2.60. The highest BCUT2D eigenvalue weighted by atomic mass is 19.1. The zero-order chi connectivity index (χ0) is 12.5. The number of hydrogen-bond acceptors (Lipinski definition) is 3. The molecule has 2 aromatic heterocycles. The monoisotopic (exact) mass is 245 g/mol. The molecule has 0 spiro atoms. The fraction of sp³-hybridized carbons (Fsp3) is 0.167. The summed E-state index contributed by atoms with van der Waals surface area (Å²) in [4.78, 5) is 7.38. The first-order chi connectivity index (χ1) is 8.72. The summed E-state index contributed by atoms with van der Waals surface area (Å²) in [6.45, 7) is 2.00. The van der Waals surface area contributed by atoms with Crippen molar-refractivity contribution in [2.45, 2.75) is 13.0 Å². The molecule has 1 atom stereocenters. The number of benzene rings is 1. The van der Waals surface area contributed by atoms with Crippen molar-refractivity contribution < 1.29 is 4.39 Å². The SMILES string of the molecule is CC(Nc1nc2ccc(F)cc2[nH]1)c1cn[nH]c1. The normalized spacial score (nSPS) is 12.8. The van der Waals surface area contributed by atoms with Crippen LogP contribution in [0.15, 0.2) is 30.6 Å². The molecule has 0 radical (unpaired) electrons. The Bertz CT molecular complexity index is 658. The first kappa shape index (κ1) is 10.8. The zero-order valence-electron chi connectivity index (χ0n) is 9.74. The van der Waals surface area contributed by atoms with E-state index in [0.717, 1.165) is 11.1 Å². The van der Waals surface area contributed by atoms with Crippen molar-refractivity contribution in [1.29, 1.82) is 0 Å².